The van der Waals surface area contributed by atoms with Crippen LogP contribution in [0.25, 0.3) is 0 Å². The molecule has 2 saturated heterocycles. The highest BCUT2D eigenvalue weighted by Gasteiger charge is 2.47. The van der Waals surface area contributed by atoms with E-state index in [1.54, 1.807) is 0 Å². The van der Waals surface area contributed by atoms with Crippen LogP contribution in [-0.4, -0.2) is 117 Å². The van der Waals surface area contributed by atoms with Crippen molar-refractivity contribution in [2.24, 2.45) is 0 Å². The summed E-state index contributed by atoms with van der Waals surface area (Å²) in [5, 5.41) is 67.6. The summed E-state index contributed by atoms with van der Waals surface area (Å²) in [6.45, 7) is -0.989. The molecule has 0 radical (unpaired) electrons. The molecule has 2 aliphatic heterocycles. The van der Waals surface area contributed by atoms with Gasteiger partial charge in [0.05, 0.1) is 13.2 Å². The normalized spacial score (nSPS) is 50.0. The first-order chi connectivity index (χ1) is 11.3. The summed E-state index contributed by atoms with van der Waals surface area (Å²) in [6.07, 6.45) is -14.0. The molecule has 0 spiro atoms. The predicted octanol–water partition coefficient (Wildman–Crippen LogP) is -4.74. The third kappa shape index (κ3) is 3.86. The summed E-state index contributed by atoms with van der Waals surface area (Å²) in [7, 11) is 1.24. The summed E-state index contributed by atoms with van der Waals surface area (Å²) >= 11 is 0. The maximum Gasteiger partial charge on any atom is 0.186 e. The van der Waals surface area contributed by atoms with Crippen molar-refractivity contribution in [1.29, 1.82) is 0 Å². The van der Waals surface area contributed by atoms with Gasteiger partial charge >= 0.3 is 0 Å². The largest absolute Gasteiger partial charge is 0.394 e. The minimum atomic E-state index is -1.60. The van der Waals surface area contributed by atoms with E-state index >= 15 is 0 Å². The van der Waals surface area contributed by atoms with Crippen LogP contribution in [0.3, 0.4) is 0 Å². The second-order valence-electron chi connectivity index (χ2n) is 5.78. The number of ether oxygens (including phenoxy) is 4. The lowest BCUT2D eigenvalue weighted by atomic mass is 9.98. The second kappa shape index (κ2) is 8.29. The van der Waals surface area contributed by atoms with Crippen molar-refractivity contribution in [3.05, 3.63) is 0 Å². The minimum Gasteiger partial charge on any atom is -0.394 e. The van der Waals surface area contributed by atoms with Gasteiger partial charge in [-0.25, -0.2) is 0 Å². The molecule has 0 aromatic carbocycles. The van der Waals surface area contributed by atoms with Gasteiger partial charge in [-0.05, 0) is 0 Å². The minimum absolute atomic E-state index is 0.381. The van der Waals surface area contributed by atoms with Crippen LogP contribution in [0.1, 0.15) is 0 Å². The number of rotatable bonds is 5. The summed E-state index contributed by atoms with van der Waals surface area (Å²) in [6, 6.07) is 0. The zero-order valence-corrected chi connectivity index (χ0v) is 13.0. The van der Waals surface area contributed by atoms with Crippen molar-refractivity contribution < 1.29 is 54.7 Å². The number of aliphatic hydroxyl groups excluding tert-OH is 7. The standard InChI is InChI=1S/C13H24O11/c1-21-12-10(19)9(18)7(16)5(24-12)3-22-13-11(20)8(17)6(15)4(2-14)23-13/h4-20H,2-3H2,1H3/t4-,5-,6-,7-,8+,9+,10-,11-,12-,13+/m1/s1. The van der Waals surface area contributed by atoms with E-state index in [1.165, 1.54) is 7.11 Å². The van der Waals surface area contributed by atoms with E-state index in [1.807, 2.05) is 0 Å². The smallest absolute Gasteiger partial charge is 0.186 e. The van der Waals surface area contributed by atoms with E-state index in [2.05, 4.69) is 0 Å². The Morgan fingerprint density at radius 1 is 0.708 bits per heavy atom. The van der Waals surface area contributed by atoms with Gasteiger partial charge in [-0.2, -0.15) is 0 Å². The molecule has 10 atom stereocenters. The molecular formula is C13H24O11. The lowest BCUT2D eigenvalue weighted by Crippen LogP contribution is -2.61. The Hall–Kier alpha value is -0.440. The first kappa shape index (κ1) is 19.9. The first-order valence-electron chi connectivity index (χ1n) is 7.46. The molecule has 2 aliphatic rings. The highest BCUT2D eigenvalue weighted by atomic mass is 16.7. The predicted molar refractivity (Wildman–Crippen MR) is 73.4 cm³/mol. The van der Waals surface area contributed by atoms with Gasteiger partial charge in [-0.15, -0.1) is 0 Å². The van der Waals surface area contributed by atoms with Crippen LogP contribution < -0.4 is 0 Å². The van der Waals surface area contributed by atoms with Crippen LogP contribution in [-0.2, 0) is 18.9 Å². The number of aliphatic hydroxyl groups is 7. The molecule has 142 valence electrons. The second-order valence-corrected chi connectivity index (χ2v) is 5.78. The molecule has 0 aliphatic carbocycles. The van der Waals surface area contributed by atoms with E-state index in [0.29, 0.717) is 0 Å². The van der Waals surface area contributed by atoms with Gasteiger partial charge in [0.2, 0.25) is 0 Å². The Kier molecular flexibility index (Phi) is 6.87. The zero-order valence-electron chi connectivity index (χ0n) is 13.0. The molecule has 0 saturated carbocycles. The fourth-order valence-electron chi connectivity index (χ4n) is 2.64. The van der Waals surface area contributed by atoms with Crippen molar-refractivity contribution in [1.82, 2.24) is 0 Å². The number of hydrogen-bond acceptors (Lipinski definition) is 11. The average molecular weight is 356 g/mol. The molecule has 0 amide bonds. The highest BCUT2D eigenvalue weighted by molar-refractivity contribution is 4.91. The van der Waals surface area contributed by atoms with E-state index in [-0.39, 0.29) is 6.61 Å². The van der Waals surface area contributed by atoms with Crippen molar-refractivity contribution in [2.45, 2.75) is 61.4 Å². The molecule has 0 aromatic heterocycles. The quantitative estimate of drug-likeness (QED) is 0.251. The van der Waals surface area contributed by atoms with Gasteiger partial charge in [0.1, 0.15) is 48.8 Å². The van der Waals surface area contributed by atoms with Gasteiger partial charge < -0.3 is 54.7 Å². The molecule has 2 fully saturated rings. The van der Waals surface area contributed by atoms with Gasteiger partial charge in [-0.1, -0.05) is 0 Å². The van der Waals surface area contributed by atoms with Crippen LogP contribution in [0.5, 0.6) is 0 Å². The molecule has 11 heteroatoms. The van der Waals surface area contributed by atoms with Crippen LogP contribution in [0, 0.1) is 0 Å². The fraction of sp³-hybridized carbons (Fsp3) is 1.00. The number of hydrogen-bond donors (Lipinski definition) is 7. The molecule has 2 heterocycles. The zero-order chi connectivity index (χ0) is 18.0. The van der Waals surface area contributed by atoms with Crippen LogP contribution in [0.4, 0.5) is 0 Å². The summed E-state index contributed by atoms with van der Waals surface area (Å²) < 4.78 is 20.5. The Labute approximate surface area is 137 Å². The maximum absolute atomic E-state index is 9.91. The first-order valence-corrected chi connectivity index (χ1v) is 7.46. The molecule has 2 rings (SSSR count). The topological polar surface area (TPSA) is 179 Å². The fourth-order valence-corrected chi connectivity index (χ4v) is 2.64. The monoisotopic (exact) mass is 356 g/mol. The van der Waals surface area contributed by atoms with E-state index < -0.39 is 68.0 Å². The van der Waals surface area contributed by atoms with Crippen LogP contribution in [0.2, 0.25) is 0 Å². The molecule has 0 bridgehead atoms. The summed E-state index contributed by atoms with van der Waals surface area (Å²) in [4.78, 5) is 0. The SMILES string of the molecule is CO[C@@H]1O[C@H](CO[C@H]2O[C@H](CO)[C@@H](O)[C@H](O)[C@H]2O)[C@@H](O)[C@H](O)[C@H]1O. The van der Waals surface area contributed by atoms with Crippen molar-refractivity contribution in [3.8, 4) is 0 Å². The Balaban J connectivity index is 1.96. The average Bonchev–Trinajstić information content (AvgIpc) is 2.58. The van der Waals surface area contributed by atoms with Crippen molar-refractivity contribution in [2.75, 3.05) is 20.3 Å². The van der Waals surface area contributed by atoms with E-state index in [0.717, 1.165) is 0 Å². The Bertz CT molecular complexity index is 356. The Morgan fingerprint density at radius 2 is 1.21 bits per heavy atom. The summed E-state index contributed by atoms with van der Waals surface area (Å²) in [5.41, 5.74) is 0. The van der Waals surface area contributed by atoms with Crippen molar-refractivity contribution >= 4 is 0 Å². The lowest BCUT2D eigenvalue weighted by Gasteiger charge is -2.42. The van der Waals surface area contributed by atoms with E-state index in [4.69, 9.17) is 24.1 Å². The molecule has 24 heavy (non-hydrogen) atoms. The van der Waals surface area contributed by atoms with Crippen LogP contribution >= 0.6 is 0 Å². The lowest BCUT2D eigenvalue weighted by molar-refractivity contribution is -0.328. The molecule has 0 aromatic rings. The Morgan fingerprint density at radius 3 is 1.75 bits per heavy atom. The summed E-state index contributed by atoms with van der Waals surface area (Å²) in [5.74, 6) is 0. The molecule has 0 unspecified atom stereocenters. The van der Waals surface area contributed by atoms with Gasteiger partial charge in [0, 0.05) is 7.11 Å². The third-order valence-electron chi connectivity index (χ3n) is 4.17. The van der Waals surface area contributed by atoms with Gasteiger partial charge in [0.15, 0.2) is 12.6 Å². The van der Waals surface area contributed by atoms with Gasteiger partial charge in [0.25, 0.3) is 0 Å². The molecule has 7 N–H and O–H groups in total. The molecular weight excluding hydrogens is 332 g/mol. The van der Waals surface area contributed by atoms with Crippen LogP contribution in [0.15, 0.2) is 0 Å². The highest BCUT2D eigenvalue weighted by Crippen LogP contribution is 2.25. The van der Waals surface area contributed by atoms with Gasteiger partial charge in [-0.3, -0.25) is 0 Å². The van der Waals surface area contributed by atoms with E-state index in [9.17, 15) is 30.6 Å². The third-order valence-corrected chi connectivity index (χ3v) is 4.17. The van der Waals surface area contributed by atoms with Crippen molar-refractivity contribution in [3.63, 3.8) is 0 Å². The molecule has 11 nitrogen and oxygen atoms in total. The number of methoxy groups -OCH3 is 1. The maximum atomic E-state index is 9.91.